The van der Waals surface area contributed by atoms with Crippen molar-refractivity contribution in [3.63, 3.8) is 0 Å². The van der Waals surface area contributed by atoms with Crippen LogP contribution >= 0.6 is 0 Å². The summed E-state index contributed by atoms with van der Waals surface area (Å²) < 4.78 is 14.4. The highest BCUT2D eigenvalue weighted by Gasteiger charge is 2.18. The lowest BCUT2D eigenvalue weighted by Gasteiger charge is -2.15. The lowest BCUT2D eigenvalue weighted by Crippen LogP contribution is -2.21. The highest BCUT2D eigenvalue weighted by atomic mass is 16.5. The molecular formula is C26H22N2O3. The van der Waals surface area contributed by atoms with E-state index in [2.05, 4.69) is 12.1 Å². The fourth-order valence-corrected chi connectivity index (χ4v) is 4.21. The van der Waals surface area contributed by atoms with Crippen LogP contribution in [0.15, 0.2) is 83.7 Å². The highest BCUT2D eigenvalue weighted by molar-refractivity contribution is 6.08. The molecule has 0 aliphatic carbocycles. The van der Waals surface area contributed by atoms with Crippen LogP contribution in [0.1, 0.15) is 0 Å². The van der Waals surface area contributed by atoms with Gasteiger partial charge in [-0.15, -0.1) is 0 Å². The Balaban J connectivity index is 1.89. The Morgan fingerprint density at radius 2 is 1.35 bits per heavy atom. The van der Waals surface area contributed by atoms with Crippen molar-refractivity contribution >= 4 is 21.8 Å². The molecule has 5 aromatic rings. The van der Waals surface area contributed by atoms with Crippen molar-refractivity contribution < 1.29 is 9.47 Å². The van der Waals surface area contributed by atoms with Gasteiger partial charge in [0.15, 0.2) is 0 Å². The average Bonchev–Trinajstić information content (AvgIpc) is 3.11. The van der Waals surface area contributed by atoms with Crippen molar-refractivity contribution in [1.29, 1.82) is 0 Å². The molecule has 0 unspecified atom stereocenters. The summed E-state index contributed by atoms with van der Waals surface area (Å²) in [6, 6.07) is 25.5. The Kier molecular flexibility index (Phi) is 4.51. The van der Waals surface area contributed by atoms with E-state index >= 15 is 0 Å². The molecule has 0 fully saturated rings. The van der Waals surface area contributed by atoms with E-state index in [-0.39, 0.29) is 5.56 Å². The van der Waals surface area contributed by atoms with Crippen molar-refractivity contribution in [2.75, 3.05) is 14.2 Å². The maximum Gasteiger partial charge on any atom is 0.280 e. The molecule has 0 bridgehead atoms. The highest BCUT2D eigenvalue weighted by Crippen LogP contribution is 2.32. The second-order valence-electron chi connectivity index (χ2n) is 7.44. The van der Waals surface area contributed by atoms with E-state index in [0.717, 1.165) is 44.7 Å². The molecule has 0 spiro atoms. The zero-order valence-corrected chi connectivity index (χ0v) is 17.6. The van der Waals surface area contributed by atoms with Crippen LogP contribution in [0.3, 0.4) is 0 Å². The molecule has 2 aromatic heterocycles. The van der Waals surface area contributed by atoms with E-state index < -0.39 is 0 Å². The summed E-state index contributed by atoms with van der Waals surface area (Å²) in [5.41, 5.74) is 4.18. The minimum atomic E-state index is -0.0628. The number of aryl methyl sites for hydroxylation is 1. The molecule has 154 valence electrons. The molecule has 0 aliphatic rings. The zero-order valence-electron chi connectivity index (χ0n) is 17.6. The Bertz CT molecular complexity index is 1460. The largest absolute Gasteiger partial charge is 0.497 e. The molecule has 0 N–H and O–H groups in total. The van der Waals surface area contributed by atoms with E-state index in [1.165, 1.54) is 0 Å². The number of benzene rings is 3. The smallest absolute Gasteiger partial charge is 0.280 e. The van der Waals surface area contributed by atoms with Gasteiger partial charge in [-0.3, -0.25) is 9.36 Å². The topological polar surface area (TPSA) is 45.4 Å². The predicted molar refractivity (Wildman–Crippen MR) is 125 cm³/mol. The third kappa shape index (κ3) is 2.97. The maximum atomic E-state index is 13.9. The fourth-order valence-electron chi connectivity index (χ4n) is 4.21. The normalized spacial score (nSPS) is 11.2. The average molecular weight is 410 g/mol. The Morgan fingerprint density at radius 1 is 0.742 bits per heavy atom. The number of hydrogen-bond donors (Lipinski definition) is 0. The molecule has 5 heteroatoms. The van der Waals surface area contributed by atoms with Gasteiger partial charge in [-0.25, -0.2) is 0 Å². The molecule has 2 heterocycles. The number of methoxy groups -OCH3 is 2. The van der Waals surface area contributed by atoms with Crippen molar-refractivity contribution in [1.82, 2.24) is 9.13 Å². The number of nitrogens with zero attached hydrogens (tertiary/aromatic N) is 2. The molecular weight excluding hydrogens is 388 g/mol. The van der Waals surface area contributed by atoms with Crippen LogP contribution in [0, 0.1) is 0 Å². The second-order valence-corrected chi connectivity index (χ2v) is 7.44. The Morgan fingerprint density at radius 3 is 2.00 bits per heavy atom. The third-order valence-corrected chi connectivity index (χ3v) is 5.79. The Labute approximate surface area is 179 Å². The number of rotatable bonds is 4. The third-order valence-electron chi connectivity index (χ3n) is 5.79. The van der Waals surface area contributed by atoms with Crippen molar-refractivity contribution in [3.05, 3.63) is 89.2 Å². The monoisotopic (exact) mass is 410 g/mol. The molecule has 31 heavy (non-hydrogen) atoms. The van der Waals surface area contributed by atoms with Gasteiger partial charge in [-0.1, -0.05) is 18.2 Å². The van der Waals surface area contributed by atoms with E-state index in [4.69, 9.17) is 9.47 Å². The minimum absolute atomic E-state index is 0.0628. The van der Waals surface area contributed by atoms with Crippen LogP contribution in [0.2, 0.25) is 0 Å². The van der Waals surface area contributed by atoms with Gasteiger partial charge < -0.3 is 14.0 Å². The summed E-state index contributed by atoms with van der Waals surface area (Å²) in [6.07, 6.45) is 0. The van der Waals surface area contributed by atoms with Gasteiger partial charge in [0.2, 0.25) is 0 Å². The summed E-state index contributed by atoms with van der Waals surface area (Å²) >= 11 is 0. The van der Waals surface area contributed by atoms with Gasteiger partial charge in [0.25, 0.3) is 5.56 Å². The van der Waals surface area contributed by atoms with Gasteiger partial charge in [0.1, 0.15) is 17.0 Å². The van der Waals surface area contributed by atoms with E-state index in [1.807, 2.05) is 78.3 Å². The number of hydrogen-bond acceptors (Lipinski definition) is 3. The second kappa shape index (κ2) is 7.36. The lowest BCUT2D eigenvalue weighted by molar-refractivity contribution is 0.414. The maximum absolute atomic E-state index is 13.9. The SMILES string of the molecule is COc1ccc(-c2cc3c4ccccc4n(C)c3c(=O)n2-c2ccc(OC)cc2)cc1. The van der Waals surface area contributed by atoms with Gasteiger partial charge in [0, 0.05) is 29.0 Å². The summed E-state index contributed by atoms with van der Waals surface area (Å²) in [6.45, 7) is 0. The van der Waals surface area contributed by atoms with E-state index in [9.17, 15) is 4.79 Å². The number of pyridine rings is 1. The van der Waals surface area contributed by atoms with E-state index in [1.54, 1.807) is 18.8 Å². The predicted octanol–water partition coefficient (Wildman–Crippen LogP) is 5.17. The first-order chi connectivity index (χ1) is 15.1. The van der Waals surface area contributed by atoms with Crippen LogP contribution in [-0.2, 0) is 7.05 Å². The summed E-state index contributed by atoms with van der Waals surface area (Å²) in [5, 5.41) is 2.01. The van der Waals surface area contributed by atoms with E-state index in [0.29, 0.717) is 5.52 Å². The first kappa shape index (κ1) is 19.0. The lowest BCUT2D eigenvalue weighted by atomic mass is 10.1. The molecule has 3 aromatic carbocycles. The minimum Gasteiger partial charge on any atom is -0.497 e. The molecule has 0 radical (unpaired) electrons. The quantitative estimate of drug-likeness (QED) is 0.411. The molecule has 5 rings (SSSR count). The molecule has 0 atom stereocenters. The number of aromatic nitrogens is 2. The van der Waals surface area contributed by atoms with Gasteiger partial charge in [-0.2, -0.15) is 0 Å². The molecule has 0 saturated heterocycles. The van der Waals surface area contributed by atoms with Crippen LogP contribution in [-0.4, -0.2) is 23.4 Å². The fraction of sp³-hybridized carbons (Fsp3) is 0.115. The summed E-state index contributed by atoms with van der Waals surface area (Å²) in [4.78, 5) is 13.9. The number of para-hydroxylation sites is 1. The van der Waals surface area contributed by atoms with Crippen LogP contribution in [0.25, 0.3) is 38.8 Å². The molecule has 5 nitrogen and oxygen atoms in total. The van der Waals surface area contributed by atoms with Gasteiger partial charge in [-0.05, 0) is 66.2 Å². The van der Waals surface area contributed by atoms with Crippen molar-refractivity contribution in [2.24, 2.45) is 7.05 Å². The number of ether oxygens (including phenoxy) is 2. The number of fused-ring (bicyclic) bond motifs is 3. The molecule has 0 saturated carbocycles. The first-order valence-electron chi connectivity index (χ1n) is 10.0. The van der Waals surface area contributed by atoms with Crippen LogP contribution in [0.4, 0.5) is 0 Å². The van der Waals surface area contributed by atoms with Gasteiger partial charge >= 0.3 is 0 Å². The Hall–Kier alpha value is -3.99. The summed E-state index contributed by atoms with van der Waals surface area (Å²) in [7, 11) is 5.22. The molecule has 0 amide bonds. The van der Waals surface area contributed by atoms with Crippen molar-refractivity contribution in [2.45, 2.75) is 0 Å². The molecule has 0 aliphatic heterocycles. The standard InChI is InChI=1S/C26H22N2O3/c1-27-23-7-5-4-6-21(23)22-16-24(17-8-12-19(30-2)13-9-17)28(26(29)25(22)27)18-10-14-20(31-3)15-11-18/h4-16H,1-3H3. The van der Waals surface area contributed by atoms with Gasteiger partial charge in [0.05, 0.1) is 19.9 Å². The zero-order chi connectivity index (χ0) is 21.5. The first-order valence-corrected chi connectivity index (χ1v) is 10.0. The van der Waals surface area contributed by atoms with Crippen molar-refractivity contribution in [3.8, 4) is 28.4 Å². The van der Waals surface area contributed by atoms with Crippen LogP contribution in [0.5, 0.6) is 11.5 Å². The van der Waals surface area contributed by atoms with Crippen LogP contribution < -0.4 is 15.0 Å². The summed E-state index contributed by atoms with van der Waals surface area (Å²) in [5.74, 6) is 1.52.